The first-order valence-corrected chi connectivity index (χ1v) is 6.42. The number of anilines is 1. The second-order valence-electron chi connectivity index (χ2n) is 4.91. The fourth-order valence-corrected chi connectivity index (χ4v) is 2.56. The van der Waals surface area contributed by atoms with E-state index in [2.05, 4.69) is 22.3 Å². The molecule has 0 saturated carbocycles. The maximum atomic E-state index is 9.58. The highest BCUT2D eigenvalue weighted by Crippen LogP contribution is 2.27. The topological polar surface area (TPSA) is 44.7 Å². The highest BCUT2D eigenvalue weighted by Gasteiger charge is 2.33. The number of likely N-dealkylation sites (N-methyl/N-ethyl adjacent to an activating group) is 1. The molecule has 2 N–H and O–H groups in total. The number of piperidine rings is 1. The van der Waals surface area contributed by atoms with Crippen molar-refractivity contribution in [3.05, 3.63) is 24.3 Å². The Morgan fingerprint density at radius 1 is 1.39 bits per heavy atom. The summed E-state index contributed by atoms with van der Waals surface area (Å²) in [6.45, 7) is 2.05. The van der Waals surface area contributed by atoms with Gasteiger partial charge >= 0.3 is 0 Å². The number of hydrogen-bond donors (Lipinski definition) is 2. The maximum absolute atomic E-state index is 9.58. The van der Waals surface area contributed by atoms with Crippen molar-refractivity contribution in [3.63, 3.8) is 0 Å². The van der Waals surface area contributed by atoms with Gasteiger partial charge < -0.3 is 20.1 Å². The lowest BCUT2D eigenvalue weighted by Gasteiger charge is -2.42. The fraction of sp³-hybridized carbons (Fsp3) is 0.571. The zero-order valence-corrected chi connectivity index (χ0v) is 11.1. The van der Waals surface area contributed by atoms with Crippen LogP contribution in [0.5, 0.6) is 5.75 Å². The Labute approximate surface area is 109 Å². The van der Waals surface area contributed by atoms with Gasteiger partial charge in [0.05, 0.1) is 19.3 Å². The van der Waals surface area contributed by atoms with Crippen molar-refractivity contribution in [2.45, 2.75) is 18.4 Å². The zero-order chi connectivity index (χ0) is 13.0. The van der Waals surface area contributed by atoms with Crippen molar-refractivity contribution in [3.8, 4) is 5.75 Å². The molecule has 1 saturated heterocycles. The highest BCUT2D eigenvalue weighted by atomic mass is 16.5. The molecule has 100 valence electrons. The zero-order valence-electron chi connectivity index (χ0n) is 11.1. The van der Waals surface area contributed by atoms with Crippen LogP contribution in [0.4, 0.5) is 5.69 Å². The number of aliphatic hydroxyl groups is 1. The summed E-state index contributed by atoms with van der Waals surface area (Å²) in [5.74, 6) is 0.873. The van der Waals surface area contributed by atoms with E-state index in [1.165, 1.54) is 5.69 Å². The molecule has 4 nitrogen and oxygen atoms in total. The SMILES string of the molecule is CNC1(CO)CCCN(c2ccc(OC)cc2)C1. The van der Waals surface area contributed by atoms with E-state index in [0.29, 0.717) is 0 Å². The summed E-state index contributed by atoms with van der Waals surface area (Å²) in [4.78, 5) is 2.32. The molecule has 1 heterocycles. The van der Waals surface area contributed by atoms with Gasteiger partial charge in [-0.25, -0.2) is 0 Å². The van der Waals surface area contributed by atoms with Crippen LogP contribution in [0.15, 0.2) is 24.3 Å². The summed E-state index contributed by atoms with van der Waals surface area (Å²) in [6.07, 6.45) is 2.11. The minimum absolute atomic E-state index is 0.168. The Balaban J connectivity index is 2.12. The summed E-state index contributed by atoms with van der Waals surface area (Å²) >= 11 is 0. The van der Waals surface area contributed by atoms with Gasteiger partial charge in [0.1, 0.15) is 5.75 Å². The van der Waals surface area contributed by atoms with Crippen LogP contribution in [0.1, 0.15) is 12.8 Å². The lowest BCUT2D eigenvalue weighted by molar-refractivity contribution is 0.149. The van der Waals surface area contributed by atoms with E-state index >= 15 is 0 Å². The smallest absolute Gasteiger partial charge is 0.119 e. The Bertz CT molecular complexity index is 374. The Kier molecular flexibility index (Phi) is 4.09. The van der Waals surface area contributed by atoms with E-state index in [0.717, 1.165) is 31.7 Å². The molecule has 1 aliphatic rings. The van der Waals surface area contributed by atoms with Crippen LogP contribution in [0, 0.1) is 0 Å². The molecule has 0 aromatic heterocycles. The molecule has 4 heteroatoms. The van der Waals surface area contributed by atoms with E-state index in [4.69, 9.17) is 4.74 Å². The van der Waals surface area contributed by atoms with Crippen LogP contribution in [0.2, 0.25) is 0 Å². The molecular weight excluding hydrogens is 228 g/mol. The number of nitrogens with zero attached hydrogens (tertiary/aromatic N) is 1. The van der Waals surface area contributed by atoms with Crippen LogP contribution in [0.3, 0.4) is 0 Å². The van der Waals surface area contributed by atoms with Gasteiger partial charge in [-0.15, -0.1) is 0 Å². The summed E-state index contributed by atoms with van der Waals surface area (Å²) < 4.78 is 5.17. The van der Waals surface area contributed by atoms with Crippen molar-refractivity contribution in [2.75, 3.05) is 38.8 Å². The van der Waals surface area contributed by atoms with Gasteiger partial charge in [-0.3, -0.25) is 0 Å². The normalized spacial score (nSPS) is 24.1. The Morgan fingerprint density at radius 2 is 2.11 bits per heavy atom. The molecule has 0 aliphatic carbocycles. The molecular formula is C14H22N2O2. The third-order valence-corrected chi connectivity index (χ3v) is 3.85. The first kappa shape index (κ1) is 13.2. The van der Waals surface area contributed by atoms with Crippen molar-refractivity contribution < 1.29 is 9.84 Å². The van der Waals surface area contributed by atoms with Gasteiger partial charge in [-0.1, -0.05) is 0 Å². The average Bonchev–Trinajstić information content (AvgIpc) is 2.47. The molecule has 1 aliphatic heterocycles. The Hall–Kier alpha value is -1.26. The maximum Gasteiger partial charge on any atom is 0.119 e. The van der Waals surface area contributed by atoms with Crippen LogP contribution >= 0.6 is 0 Å². The third-order valence-electron chi connectivity index (χ3n) is 3.85. The summed E-state index contributed by atoms with van der Waals surface area (Å²) in [5, 5.41) is 12.9. The fourth-order valence-electron chi connectivity index (χ4n) is 2.56. The van der Waals surface area contributed by atoms with Crippen LogP contribution in [-0.2, 0) is 0 Å². The molecule has 1 atom stereocenters. The number of aliphatic hydroxyl groups excluding tert-OH is 1. The standard InChI is InChI=1S/C14H22N2O2/c1-15-14(11-17)8-3-9-16(10-14)12-4-6-13(18-2)7-5-12/h4-7,15,17H,3,8-11H2,1-2H3. The lowest BCUT2D eigenvalue weighted by atomic mass is 9.89. The molecule has 1 unspecified atom stereocenters. The minimum atomic E-state index is -0.168. The lowest BCUT2D eigenvalue weighted by Crippen LogP contribution is -2.58. The number of ether oxygens (including phenoxy) is 1. The predicted octanol–water partition coefficient (Wildman–Crippen LogP) is 1.25. The van der Waals surface area contributed by atoms with Crippen LogP contribution in [0.25, 0.3) is 0 Å². The molecule has 18 heavy (non-hydrogen) atoms. The van der Waals surface area contributed by atoms with Gasteiger partial charge in [-0.05, 0) is 44.2 Å². The second-order valence-corrected chi connectivity index (χ2v) is 4.91. The number of nitrogens with one attached hydrogen (secondary N) is 1. The van der Waals surface area contributed by atoms with E-state index in [1.807, 2.05) is 19.2 Å². The average molecular weight is 250 g/mol. The quantitative estimate of drug-likeness (QED) is 0.844. The van der Waals surface area contributed by atoms with Gasteiger partial charge in [0, 0.05) is 18.8 Å². The van der Waals surface area contributed by atoms with Crippen LogP contribution < -0.4 is 15.0 Å². The summed E-state index contributed by atoms with van der Waals surface area (Å²) in [7, 11) is 3.60. The van der Waals surface area contributed by atoms with Crippen molar-refractivity contribution in [1.29, 1.82) is 0 Å². The van der Waals surface area contributed by atoms with Gasteiger partial charge in [0.25, 0.3) is 0 Å². The van der Waals surface area contributed by atoms with Crippen LogP contribution in [-0.4, -0.2) is 44.5 Å². The first-order chi connectivity index (χ1) is 8.73. The monoisotopic (exact) mass is 250 g/mol. The molecule has 0 radical (unpaired) electrons. The van der Waals surface area contributed by atoms with E-state index < -0.39 is 0 Å². The number of benzene rings is 1. The third kappa shape index (κ3) is 2.60. The molecule has 0 spiro atoms. The largest absolute Gasteiger partial charge is 0.497 e. The number of methoxy groups -OCH3 is 1. The van der Waals surface area contributed by atoms with E-state index in [9.17, 15) is 5.11 Å². The molecule has 1 aromatic rings. The number of rotatable bonds is 4. The minimum Gasteiger partial charge on any atom is -0.497 e. The second kappa shape index (κ2) is 5.59. The number of hydrogen-bond acceptors (Lipinski definition) is 4. The van der Waals surface area contributed by atoms with Gasteiger partial charge in [-0.2, -0.15) is 0 Å². The van der Waals surface area contributed by atoms with E-state index in [-0.39, 0.29) is 12.1 Å². The van der Waals surface area contributed by atoms with Crippen molar-refractivity contribution >= 4 is 5.69 Å². The van der Waals surface area contributed by atoms with Gasteiger partial charge in [0.2, 0.25) is 0 Å². The predicted molar refractivity (Wildman–Crippen MR) is 73.3 cm³/mol. The van der Waals surface area contributed by atoms with Crippen molar-refractivity contribution in [2.24, 2.45) is 0 Å². The molecule has 0 amide bonds. The Morgan fingerprint density at radius 3 is 2.67 bits per heavy atom. The highest BCUT2D eigenvalue weighted by molar-refractivity contribution is 5.50. The molecule has 1 aromatic carbocycles. The first-order valence-electron chi connectivity index (χ1n) is 6.42. The molecule has 1 fully saturated rings. The van der Waals surface area contributed by atoms with E-state index in [1.54, 1.807) is 7.11 Å². The summed E-state index contributed by atoms with van der Waals surface area (Å²) in [5.41, 5.74) is 1.02. The molecule has 2 rings (SSSR count). The van der Waals surface area contributed by atoms with Gasteiger partial charge in [0.15, 0.2) is 0 Å². The van der Waals surface area contributed by atoms with Crippen molar-refractivity contribution in [1.82, 2.24) is 5.32 Å². The summed E-state index contributed by atoms with van der Waals surface area (Å²) in [6, 6.07) is 8.10. The molecule has 0 bridgehead atoms.